The van der Waals surface area contributed by atoms with Crippen molar-refractivity contribution in [1.29, 1.82) is 0 Å². The second-order valence-corrected chi connectivity index (χ2v) is 6.82. The molecule has 0 saturated carbocycles. The fraction of sp³-hybridized carbons (Fsp3) is 0.875. The Morgan fingerprint density at radius 1 is 0.955 bits per heavy atom. The molecule has 3 saturated heterocycles. The van der Waals surface area contributed by atoms with Crippen molar-refractivity contribution in [2.24, 2.45) is 5.92 Å². The molecule has 0 aromatic rings. The minimum absolute atomic E-state index is 0.100. The van der Waals surface area contributed by atoms with Crippen molar-refractivity contribution >= 4 is 11.9 Å². The van der Waals surface area contributed by atoms with Crippen molar-refractivity contribution in [3.63, 3.8) is 0 Å². The fourth-order valence-electron chi connectivity index (χ4n) is 3.83. The number of carbonyl (C=O) groups excluding carboxylic acids is 2. The molecule has 1 atom stereocenters. The number of hydrogen-bond donors (Lipinski definition) is 1. The quantitative estimate of drug-likeness (QED) is 0.777. The molecule has 0 spiro atoms. The Bertz CT molecular complexity index is 414. The third-order valence-electron chi connectivity index (χ3n) is 5.28. The molecule has 0 radical (unpaired) electrons. The van der Waals surface area contributed by atoms with Gasteiger partial charge in [-0.3, -0.25) is 4.79 Å². The van der Waals surface area contributed by atoms with Crippen LogP contribution in [0.15, 0.2) is 0 Å². The summed E-state index contributed by atoms with van der Waals surface area (Å²) in [5, 5.41) is 3.32. The van der Waals surface area contributed by atoms with E-state index in [1.165, 1.54) is 0 Å². The lowest BCUT2D eigenvalue weighted by Gasteiger charge is -2.39. The molecule has 3 aliphatic heterocycles. The minimum Gasteiger partial charge on any atom is -0.337 e. The summed E-state index contributed by atoms with van der Waals surface area (Å²) >= 11 is 0. The highest BCUT2D eigenvalue weighted by molar-refractivity contribution is 5.80. The van der Waals surface area contributed by atoms with E-state index in [2.05, 4.69) is 12.2 Å². The fourth-order valence-corrected chi connectivity index (χ4v) is 3.83. The molecule has 0 aliphatic carbocycles. The molecule has 6 nitrogen and oxygen atoms in total. The van der Waals surface area contributed by atoms with E-state index < -0.39 is 0 Å². The van der Waals surface area contributed by atoms with Gasteiger partial charge in [-0.15, -0.1) is 0 Å². The van der Waals surface area contributed by atoms with Gasteiger partial charge < -0.3 is 20.0 Å². The van der Waals surface area contributed by atoms with Crippen molar-refractivity contribution in [2.75, 3.05) is 45.8 Å². The maximum absolute atomic E-state index is 12.7. The molecule has 3 rings (SSSR count). The second kappa shape index (κ2) is 6.86. The van der Waals surface area contributed by atoms with Crippen molar-refractivity contribution in [3.8, 4) is 0 Å². The van der Waals surface area contributed by atoms with Gasteiger partial charge >= 0.3 is 6.03 Å². The Kier molecular flexibility index (Phi) is 4.86. The molecule has 0 unspecified atom stereocenters. The highest BCUT2D eigenvalue weighted by Crippen LogP contribution is 2.23. The number of nitrogens with one attached hydrogen (secondary N) is 1. The van der Waals surface area contributed by atoms with E-state index in [1.54, 1.807) is 0 Å². The Morgan fingerprint density at radius 3 is 2.23 bits per heavy atom. The van der Waals surface area contributed by atoms with Crippen molar-refractivity contribution in [1.82, 2.24) is 20.0 Å². The number of nitrogens with zero attached hydrogens (tertiary/aromatic N) is 3. The maximum Gasteiger partial charge on any atom is 0.319 e. The standard InChI is InChI=1S/C16H28N4O2/c1-13-12-17-6-11-20(13)15(21)14-4-9-19(10-5-14)16(22)18-7-2-3-8-18/h13-14,17H,2-12H2,1H3/t13-/m0/s1. The largest absolute Gasteiger partial charge is 0.337 e. The van der Waals surface area contributed by atoms with Gasteiger partial charge in [0, 0.05) is 57.8 Å². The molecule has 3 fully saturated rings. The van der Waals surface area contributed by atoms with E-state index >= 15 is 0 Å². The molecule has 0 aromatic heterocycles. The molecule has 3 heterocycles. The predicted molar refractivity (Wildman–Crippen MR) is 84.5 cm³/mol. The van der Waals surface area contributed by atoms with Crippen LogP contribution in [0, 0.1) is 5.92 Å². The van der Waals surface area contributed by atoms with E-state index in [9.17, 15) is 9.59 Å². The zero-order chi connectivity index (χ0) is 15.5. The molecule has 3 aliphatic rings. The molecule has 124 valence electrons. The Morgan fingerprint density at radius 2 is 1.59 bits per heavy atom. The van der Waals surface area contributed by atoms with Crippen LogP contribution in [-0.2, 0) is 4.79 Å². The normalized spacial score (nSPS) is 27.3. The summed E-state index contributed by atoms with van der Waals surface area (Å²) in [6, 6.07) is 0.462. The van der Waals surface area contributed by atoms with Gasteiger partial charge in [0.15, 0.2) is 0 Å². The first-order valence-corrected chi connectivity index (χ1v) is 8.72. The summed E-state index contributed by atoms with van der Waals surface area (Å²) in [5.74, 6) is 0.394. The van der Waals surface area contributed by atoms with E-state index in [0.717, 1.165) is 71.5 Å². The zero-order valence-corrected chi connectivity index (χ0v) is 13.6. The van der Waals surface area contributed by atoms with Crippen LogP contribution in [0.4, 0.5) is 4.79 Å². The van der Waals surface area contributed by atoms with Gasteiger partial charge in [0.05, 0.1) is 0 Å². The third-order valence-corrected chi connectivity index (χ3v) is 5.28. The summed E-state index contributed by atoms with van der Waals surface area (Å²) in [6.07, 6.45) is 3.88. The van der Waals surface area contributed by atoms with Crippen LogP contribution in [0.1, 0.15) is 32.6 Å². The average molecular weight is 308 g/mol. The van der Waals surface area contributed by atoms with Crippen LogP contribution in [0.25, 0.3) is 0 Å². The topological polar surface area (TPSA) is 55.9 Å². The summed E-state index contributed by atoms with van der Waals surface area (Å²) < 4.78 is 0. The first-order chi connectivity index (χ1) is 10.7. The van der Waals surface area contributed by atoms with Gasteiger partial charge in [-0.05, 0) is 32.6 Å². The number of carbonyl (C=O) groups is 2. The summed E-state index contributed by atoms with van der Waals surface area (Å²) in [5.41, 5.74) is 0. The first-order valence-electron chi connectivity index (χ1n) is 8.72. The number of likely N-dealkylation sites (tertiary alicyclic amines) is 2. The van der Waals surface area contributed by atoms with E-state index in [-0.39, 0.29) is 18.0 Å². The Hall–Kier alpha value is -1.30. The molecule has 0 bridgehead atoms. The van der Waals surface area contributed by atoms with E-state index in [4.69, 9.17) is 0 Å². The van der Waals surface area contributed by atoms with Gasteiger partial charge in [0.1, 0.15) is 0 Å². The lowest BCUT2D eigenvalue weighted by molar-refractivity contribution is -0.139. The highest BCUT2D eigenvalue weighted by atomic mass is 16.2. The number of urea groups is 1. The van der Waals surface area contributed by atoms with Gasteiger partial charge in [-0.1, -0.05) is 0 Å². The number of hydrogen-bond acceptors (Lipinski definition) is 3. The molecule has 1 N–H and O–H groups in total. The van der Waals surface area contributed by atoms with Crippen LogP contribution in [0.3, 0.4) is 0 Å². The van der Waals surface area contributed by atoms with Crippen LogP contribution < -0.4 is 5.32 Å². The van der Waals surface area contributed by atoms with Crippen LogP contribution >= 0.6 is 0 Å². The van der Waals surface area contributed by atoms with Crippen molar-refractivity contribution in [2.45, 2.75) is 38.6 Å². The number of piperidine rings is 1. The van der Waals surface area contributed by atoms with Crippen molar-refractivity contribution in [3.05, 3.63) is 0 Å². The molecular weight excluding hydrogens is 280 g/mol. The third kappa shape index (κ3) is 3.21. The second-order valence-electron chi connectivity index (χ2n) is 6.82. The predicted octanol–water partition coefficient (Wildman–Crippen LogP) is 0.735. The highest BCUT2D eigenvalue weighted by Gasteiger charge is 2.34. The van der Waals surface area contributed by atoms with Gasteiger partial charge in [-0.25, -0.2) is 4.79 Å². The van der Waals surface area contributed by atoms with Gasteiger partial charge in [0.2, 0.25) is 5.91 Å². The average Bonchev–Trinajstić information content (AvgIpc) is 3.09. The van der Waals surface area contributed by atoms with Crippen LogP contribution in [-0.4, -0.2) is 78.5 Å². The van der Waals surface area contributed by atoms with Crippen LogP contribution in [0.5, 0.6) is 0 Å². The number of rotatable bonds is 1. The molecule has 6 heteroatoms. The minimum atomic E-state index is 0.100. The monoisotopic (exact) mass is 308 g/mol. The number of amides is 3. The van der Waals surface area contributed by atoms with Crippen LogP contribution in [0.2, 0.25) is 0 Å². The molecular formula is C16H28N4O2. The van der Waals surface area contributed by atoms with Gasteiger partial charge in [-0.2, -0.15) is 0 Å². The molecule has 22 heavy (non-hydrogen) atoms. The molecule has 0 aromatic carbocycles. The summed E-state index contributed by atoms with van der Waals surface area (Å²) in [4.78, 5) is 31.0. The lowest BCUT2D eigenvalue weighted by atomic mass is 9.94. The zero-order valence-electron chi connectivity index (χ0n) is 13.6. The molecule has 3 amide bonds. The van der Waals surface area contributed by atoms with Gasteiger partial charge in [0.25, 0.3) is 0 Å². The summed E-state index contributed by atoms with van der Waals surface area (Å²) in [6.45, 7) is 7.95. The summed E-state index contributed by atoms with van der Waals surface area (Å²) in [7, 11) is 0. The SMILES string of the molecule is C[C@H]1CNCCN1C(=O)C1CCN(C(=O)N2CCCC2)CC1. The Balaban J connectivity index is 1.50. The first kappa shape index (κ1) is 15.6. The lowest BCUT2D eigenvalue weighted by Crippen LogP contribution is -2.55. The smallest absolute Gasteiger partial charge is 0.319 e. The van der Waals surface area contributed by atoms with Crippen molar-refractivity contribution < 1.29 is 9.59 Å². The maximum atomic E-state index is 12.7. The number of piperazine rings is 1. The van der Waals surface area contributed by atoms with E-state index in [0.29, 0.717) is 5.91 Å². The van der Waals surface area contributed by atoms with E-state index in [1.807, 2.05) is 14.7 Å². The Labute approximate surface area is 132 Å².